The van der Waals surface area contributed by atoms with Gasteiger partial charge < -0.3 is 117 Å². The monoisotopic (exact) mass is 1510 g/mol. The fraction of sp³-hybridized carbons (Fsp3) is 0.591. The Kier molecular flexibility index (Phi) is 28.8. The molecule has 18 N–H and O–H groups in total. The minimum atomic E-state index is -2.85. The molecule has 11 amide bonds. The van der Waals surface area contributed by atoms with Crippen molar-refractivity contribution in [2.75, 3.05) is 73.2 Å². The molecule has 0 aliphatic carbocycles. The van der Waals surface area contributed by atoms with Gasteiger partial charge >= 0.3 is 12.1 Å². The third-order valence-corrected chi connectivity index (χ3v) is 20.3. The van der Waals surface area contributed by atoms with Crippen molar-refractivity contribution in [3.8, 4) is 11.5 Å². The van der Waals surface area contributed by atoms with Gasteiger partial charge in [-0.25, -0.2) is 15.1 Å². The topological polar surface area (TPSA) is 572 Å². The molecule has 40 heteroatoms. The number of aliphatic hydroxyl groups excluding tert-OH is 5. The number of carboxylic acids is 1. The molecule has 0 saturated carbocycles. The number of aromatic amines is 1. The summed E-state index contributed by atoms with van der Waals surface area (Å²) in [7, 11) is 0.169. The summed E-state index contributed by atoms with van der Waals surface area (Å²) >= 11 is 0. The highest BCUT2D eigenvalue weighted by Gasteiger charge is 2.53. The van der Waals surface area contributed by atoms with Crippen LogP contribution in [-0.4, -0.2) is 278 Å². The molecular weight excluding hydrogens is 1420 g/mol. The SMILES string of the molecule is CC[C@H](C)C1NC(=O)CNC(=O)[C@@H]2Cc3c4[nH]c5cc(ccc35)OC1(CCCCCCN(C)C(=O)OCc1ccc(O[C@@H]3O[C@H](C(=O)O)C(O)C(=O)C3O)c(C(=O)NCCOCCONC)c1)C(=O)NCC(=O)N[C@H](C(=O)NC(CC(N)=O)C(=O)N1C[C@H](O)C[C@H]1C(=O)N[C@@H]([C@@H](C)[C@@H](O)CO)C(=O)N2)S4=O. The van der Waals surface area contributed by atoms with Crippen LogP contribution in [0.5, 0.6) is 11.5 Å². The van der Waals surface area contributed by atoms with Crippen LogP contribution in [0.2, 0.25) is 0 Å². The van der Waals surface area contributed by atoms with Gasteiger partial charge in [-0.1, -0.05) is 46.1 Å². The average molecular weight is 1510 g/mol. The van der Waals surface area contributed by atoms with E-state index in [2.05, 4.69) is 53.0 Å². The number of aromatic nitrogens is 1. The number of nitrogens with zero attached hydrogens (tertiary/aromatic N) is 2. The smallest absolute Gasteiger partial charge is 0.409 e. The molecular formula is C66H91N13O26S. The van der Waals surface area contributed by atoms with Crippen LogP contribution in [0.15, 0.2) is 41.4 Å². The number of carbonyl (C=O) groups excluding carboxylic acids is 12. The molecule has 0 spiro atoms. The summed E-state index contributed by atoms with van der Waals surface area (Å²) in [5.74, 6) is -16.2. The van der Waals surface area contributed by atoms with Crippen molar-refractivity contribution in [2.24, 2.45) is 17.6 Å². The van der Waals surface area contributed by atoms with Gasteiger partial charge in [-0.05, 0) is 60.6 Å². The van der Waals surface area contributed by atoms with Crippen LogP contribution in [0.4, 0.5) is 4.79 Å². The highest BCUT2D eigenvalue weighted by Crippen LogP contribution is 2.37. The zero-order valence-corrected chi connectivity index (χ0v) is 59.5. The van der Waals surface area contributed by atoms with E-state index in [1.807, 2.05) is 0 Å². The summed E-state index contributed by atoms with van der Waals surface area (Å²) in [6.45, 7) is 1.50. The molecule has 7 heterocycles. The molecule has 0 radical (unpaired) electrons. The van der Waals surface area contributed by atoms with Crippen LogP contribution in [0.3, 0.4) is 0 Å². The predicted octanol–water partition coefficient (Wildman–Crippen LogP) is -5.94. The maximum Gasteiger partial charge on any atom is 0.409 e. The largest absolute Gasteiger partial charge is 0.479 e. The molecule has 582 valence electrons. The molecule has 2 fully saturated rings. The standard InChI is InChI=1S/C66H91N13O26S/c1-6-31(2)53-66(15-9-7-8-10-17-78(5)65(98)101-30-33-11-14-44(38(21-33)54(89)69-16-18-100-19-20-102-68-4)103-63-51(88)49(86)50(87)52(104-63)62(95)96)64(97)71-27-47(85)76-60-58(93)73-41(25-45(67)83)61(94)79-28-34(81)22-42(79)56(91)77-48(32(3)43(82)29-80)57(92)72-40(55(90)70-26-46(84)75-53)24-37-36-13-12-35(105-66)23-39(36)74-59(37)106(60)99/h11-14,21,23,31-32,34,40-43,48,50-53,60,63,68,74,80-82,87-88H,6-10,15-20,22,24-30H2,1-5H3,(H2,67,83)(H,69,89)(H,70,90)(H,71,97)(H,72,92)(H,73,93)(H,75,84)(H,76,85)(H,77,91)(H,95,96)/t31-,32-,34+,40-,41?,42-,43-,48-,50?,51?,52-,53?,60-,63+,66?,106?/m0/s1. The Balaban J connectivity index is 1.06. The number of ketones is 1. The minimum absolute atomic E-state index is 0.0329. The number of aliphatic carboxylic acids is 1. The number of aliphatic hydroxyl groups is 5. The quantitative estimate of drug-likeness (QED) is 0.0250. The van der Waals surface area contributed by atoms with Crippen LogP contribution in [0.25, 0.3) is 10.9 Å². The van der Waals surface area contributed by atoms with Crippen molar-refractivity contribution in [1.82, 2.24) is 62.8 Å². The molecule has 9 rings (SSSR count). The first-order valence-corrected chi connectivity index (χ1v) is 35.6. The number of hydrogen-bond donors (Lipinski definition) is 17. The number of amides is 11. The van der Waals surface area contributed by atoms with Gasteiger partial charge in [0.25, 0.3) is 17.7 Å². The summed E-state index contributed by atoms with van der Waals surface area (Å²) < 4.78 is 44.3. The fourth-order valence-electron chi connectivity index (χ4n) is 12.8. The van der Waals surface area contributed by atoms with Crippen molar-refractivity contribution in [3.63, 3.8) is 0 Å². The number of H-pyrrole nitrogens is 1. The summed E-state index contributed by atoms with van der Waals surface area (Å²) in [5, 5.41) is 80.2. The van der Waals surface area contributed by atoms with Crippen LogP contribution < -0.4 is 63.2 Å². The fourth-order valence-corrected chi connectivity index (χ4v) is 14.2. The number of carboxylic acid groups (broad SMARTS) is 1. The van der Waals surface area contributed by atoms with Gasteiger partial charge in [0.15, 0.2) is 29.5 Å². The maximum absolute atomic E-state index is 15.5. The van der Waals surface area contributed by atoms with E-state index in [1.54, 1.807) is 20.9 Å². The second-order valence-electron chi connectivity index (χ2n) is 26.3. The first kappa shape index (κ1) is 82.1. The number of carbonyl (C=O) groups is 13. The van der Waals surface area contributed by atoms with E-state index in [9.17, 15) is 88.2 Å². The number of benzene rings is 2. The van der Waals surface area contributed by atoms with Gasteiger partial charge in [0.1, 0.15) is 58.1 Å². The Hall–Kier alpha value is -9.52. The Bertz CT molecular complexity index is 3810. The van der Waals surface area contributed by atoms with E-state index in [0.717, 1.165) is 4.90 Å². The molecule has 2 saturated heterocycles. The molecule has 6 aliphatic heterocycles. The van der Waals surface area contributed by atoms with Gasteiger partial charge in [-0.2, -0.15) is 0 Å². The number of hydroxylamine groups is 1. The third-order valence-electron chi connectivity index (χ3n) is 18.8. The second kappa shape index (κ2) is 37.1. The Morgan fingerprint density at radius 2 is 1.58 bits per heavy atom. The van der Waals surface area contributed by atoms with Gasteiger partial charge in [-0.3, -0.25) is 61.8 Å². The van der Waals surface area contributed by atoms with Crippen molar-refractivity contribution in [3.05, 3.63) is 53.1 Å². The molecule has 2 aromatic carbocycles. The Labute approximate surface area is 608 Å². The lowest BCUT2D eigenvalue weighted by atomic mass is 9.79. The van der Waals surface area contributed by atoms with Crippen molar-refractivity contribution in [1.29, 1.82) is 0 Å². The third kappa shape index (κ3) is 19.9. The van der Waals surface area contributed by atoms with E-state index in [4.69, 9.17) is 34.3 Å². The summed E-state index contributed by atoms with van der Waals surface area (Å²) in [5.41, 5.74) is 5.96. The second-order valence-corrected chi connectivity index (χ2v) is 27.7. The summed E-state index contributed by atoms with van der Waals surface area (Å²) in [4.78, 5) is 192. The van der Waals surface area contributed by atoms with Crippen molar-refractivity contribution >= 4 is 98.6 Å². The Morgan fingerprint density at radius 1 is 0.858 bits per heavy atom. The lowest BCUT2D eigenvalue weighted by Gasteiger charge is -2.42. The summed E-state index contributed by atoms with van der Waals surface area (Å²) in [6.07, 6.45) is -13.2. The highest BCUT2D eigenvalue weighted by molar-refractivity contribution is 7.86. The number of unbranched alkanes of at least 4 members (excludes halogenated alkanes) is 3. The van der Waals surface area contributed by atoms with Crippen LogP contribution in [-0.2, 0) is 95.6 Å². The van der Waals surface area contributed by atoms with E-state index in [-0.39, 0.29) is 96.3 Å². The maximum atomic E-state index is 15.5. The predicted molar refractivity (Wildman–Crippen MR) is 364 cm³/mol. The number of fused-ring (bicyclic) bond motifs is 8. The summed E-state index contributed by atoms with van der Waals surface area (Å²) in [6, 6.07) is -0.399. The minimum Gasteiger partial charge on any atom is -0.479 e. The molecule has 3 aromatic rings. The van der Waals surface area contributed by atoms with E-state index in [0.29, 0.717) is 19.3 Å². The lowest BCUT2D eigenvalue weighted by molar-refractivity contribution is -0.228. The van der Waals surface area contributed by atoms with Gasteiger partial charge in [-0.15, -0.1) is 0 Å². The number of ether oxygens (including phenoxy) is 5. The molecule has 106 heavy (non-hydrogen) atoms. The average Bonchev–Trinajstić information content (AvgIpc) is 1.52. The van der Waals surface area contributed by atoms with Gasteiger partial charge in [0.2, 0.25) is 53.2 Å². The zero-order chi connectivity index (χ0) is 77.4. The molecule has 39 nitrogen and oxygen atoms in total. The van der Waals surface area contributed by atoms with Crippen LogP contribution >= 0.6 is 0 Å². The first-order chi connectivity index (χ1) is 50.4. The number of nitrogens with one attached hydrogen (secondary N) is 10. The van der Waals surface area contributed by atoms with Crippen molar-refractivity contribution in [2.45, 2.75) is 168 Å². The number of hydrogen-bond acceptors (Lipinski definition) is 26. The number of Topliss-reactive ketones (excluding diaryl/α,β-unsaturated/α-hetero) is 1. The molecule has 8 bridgehead atoms. The normalized spacial score (nSPS) is 27.0. The van der Waals surface area contributed by atoms with Gasteiger partial charge in [0, 0.05) is 63.9 Å². The lowest BCUT2D eigenvalue weighted by Crippen LogP contribution is -2.67. The molecule has 16 atom stereocenters. The van der Waals surface area contributed by atoms with Crippen LogP contribution in [0, 0.1) is 11.8 Å². The van der Waals surface area contributed by atoms with Crippen LogP contribution in [0.1, 0.15) is 93.6 Å². The number of rotatable bonds is 27. The van der Waals surface area contributed by atoms with E-state index >= 15 is 9.00 Å². The molecule has 6 aliphatic rings. The molecule has 6 unspecified atom stereocenters. The highest BCUT2D eigenvalue weighted by atomic mass is 32.2. The molecule has 1 aromatic heterocycles. The zero-order valence-electron chi connectivity index (χ0n) is 58.7. The first-order valence-electron chi connectivity index (χ1n) is 34.4. The van der Waals surface area contributed by atoms with E-state index < -0.39 is 230 Å². The number of primary amides is 1. The van der Waals surface area contributed by atoms with Gasteiger partial charge in [0.05, 0.1) is 75.3 Å². The van der Waals surface area contributed by atoms with E-state index in [1.165, 1.54) is 55.3 Å². The Morgan fingerprint density at radius 3 is 2.29 bits per heavy atom. The number of nitrogens with two attached hydrogens (primary N) is 1. The van der Waals surface area contributed by atoms with Crippen molar-refractivity contribution < 1.29 is 126 Å².